The van der Waals surface area contributed by atoms with Crippen LogP contribution in [0.15, 0.2) is 18.2 Å². The maximum Gasteiger partial charge on any atom is 0.491 e. The second kappa shape index (κ2) is 7.07. The standard InChI is InChI=1S/C7H8BFO2.CH2Cl2/c1-5-2-3-6(8(10)11)7(9)4-5;2-1-3/h2-4,10-11H,1H3;1H2. The summed E-state index contributed by atoms with van der Waals surface area (Å²) in [6.07, 6.45) is 0. The first-order valence-corrected chi connectivity index (χ1v) is 4.84. The van der Waals surface area contributed by atoms with Crippen LogP contribution < -0.4 is 5.46 Å². The van der Waals surface area contributed by atoms with E-state index in [1.165, 1.54) is 12.1 Å². The predicted molar refractivity (Wildman–Crippen MR) is 57.5 cm³/mol. The van der Waals surface area contributed by atoms with Crippen LogP contribution >= 0.6 is 23.2 Å². The maximum absolute atomic E-state index is 12.8. The van der Waals surface area contributed by atoms with Crippen molar-refractivity contribution in [2.24, 2.45) is 0 Å². The molecule has 2 N–H and O–H groups in total. The van der Waals surface area contributed by atoms with Crippen LogP contribution in [-0.2, 0) is 0 Å². The van der Waals surface area contributed by atoms with Crippen LogP contribution in [0.5, 0.6) is 0 Å². The summed E-state index contributed by atoms with van der Waals surface area (Å²) in [5, 5.41) is 17.4. The summed E-state index contributed by atoms with van der Waals surface area (Å²) in [6, 6.07) is 4.24. The number of aryl methyl sites for hydroxylation is 1. The van der Waals surface area contributed by atoms with Crippen LogP contribution in [0.1, 0.15) is 5.56 Å². The van der Waals surface area contributed by atoms with Crippen LogP contribution in [0, 0.1) is 12.7 Å². The monoisotopic (exact) mass is 238 g/mol. The van der Waals surface area contributed by atoms with Gasteiger partial charge in [-0.2, -0.15) is 0 Å². The van der Waals surface area contributed by atoms with Crippen molar-refractivity contribution in [3.63, 3.8) is 0 Å². The molecular formula is C8H10BCl2FO2. The fourth-order valence-corrected chi connectivity index (χ4v) is 0.842. The third-order valence-corrected chi connectivity index (χ3v) is 1.43. The lowest BCUT2D eigenvalue weighted by molar-refractivity contribution is 0.423. The minimum absolute atomic E-state index is 0.0874. The number of alkyl halides is 2. The molecule has 14 heavy (non-hydrogen) atoms. The minimum Gasteiger partial charge on any atom is -0.423 e. The van der Waals surface area contributed by atoms with E-state index in [-0.39, 0.29) is 10.8 Å². The van der Waals surface area contributed by atoms with E-state index in [1.807, 2.05) is 0 Å². The Morgan fingerprint density at radius 1 is 1.36 bits per heavy atom. The van der Waals surface area contributed by atoms with Crippen molar-refractivity contribution < 1.29 is 14.4 Å². The predicted octanol–water partition coefficient (Wildman–Crippen LogP) is 1.24. The van der Waals surface area contributed by atoms with Crippen LogP contribution in [0.2, 0.25) is 0 Å². The molecule has 0 radical (unpaired) electrons. The molecule has 0 aliphatic heterocycles. The fourth-order valence-electron chi connectivity index (χ4n) is 0.842. The normalized spacial score (nSPS) is 9.00. The van der Waals surface area contributed by atoms with Gasteiger partial charge in [0, 0.05) is 5.46 Å². The molecule has 1 aromatic carbocycles. The van der Waals surface area contributed by atoms with Crippen LogP contribution in [-0.4, -0.2) is 22.5 Å². The number of hydrogen-bond donors (Lipinski definition) is 2. The van der Waals surface area contributed by atoms with E-state index in [0.717, 1.165) is 5.56 Å². The summed E-state index contributed by atoms with van der Waals surface area (Å²) in [5.41, 5.74) is 0.669. The lowest BCUT2D eigenvalue weighted by Crippen LogP contribution is -2.32. The van der Waals surface area contributed by atoms with Crippen molar-refractivity contribution in [1.29, 1.82) is 0 Å². The van der Waals surface area contributed by atoms with E-state index in [4.69, 9.17) is 33.2 Å². The molecule has 0 atom stereocenters. The lowest BCUT2D eigenvalue weighted by atomic mass is 9.79. The Kier molecular flexibility index (Phi) is 6.92. The largest absolute Gasteiger partial charge is 0.491 e. The minimum atomic E-state index is -1.73. The summed E-state index contributed by atoms with van der Waals surface area (Å²) in [6.45, 7) is 1.73. The van der Waals surface area contributed by atoms with Gasteiger partial charge in [-0.3, -0.25) is 0 Å². The Balaban J connectivity index is 0.000000500. The van der Waals surface area contributed by atoms with Gasteiger partial charge in [-0.05, 0) is 18.6 Å². The Bertz CT molecular complexity index is 284. The SMILES string of the molecule is Cc1ccc(B(O)O)c(F)c1.ClCCl. The first kappa shape index (κ1) is 13.7. The van der Waals surface area contributed by atoms with E-state index in [2.05, 4.69) is 0 Å². The average Bonchev–Trinajstić information content (AvgIpc) is 2.04. The molecule has 0 bridgehead atoms. The molecule has 0 saturated carbocycles. The molecule has 1 rings (SSSR count). The quantitative estimate of drug-likeness (QED) is 0.571. The average molecular weight is 239 g/mol. The molecule has 0 unspecified atom stereocenters. The third kappa shape index (κ3) is 4.81. The van der Waals surface area contributed by atoms with Crippen molar-refractivity contribution in [2.75, 3.05) is 5.34 Å². The first-order chi connectivity index (χ1) is 6.52. The van der Waals surface area contributed by atoms with Gasteiger partial charge in [-0.1, -0.05) is 12.1 Å². The summed E-state index contributed by atoms with van der Waals surface area (Å²) in [5.74, 6) is -0.583. The number of benzene rings is 1. The van der Waals surface area contributed by atoms with E-state index >= 15 is 0 Å². The molecular weight excluding hydrogens is 229 g/mol. The number of halogens is 3. The third-order valence-electron chi connectivity index (χ3n) is 1.43. The van der Waals surface area contributed by atoms with Crippen molar-refractivity contribution in [3.8, 4) is 0 Å². The molecule has 0 amide bonds. The molecule has 6 heteroatoms. The molecule has 78 valence electrons. The van der Waals surface area contributed by atoms with Gasteiger partial charge >= 0.3 is 7.12 Å². The van der Waals surface area contributed by atoms with Crippen LogP contribution in [0.4, 0.5) is 4.39 Å². The van der Waals surface area contributed by atoms with E-state index in [9.17, 15) is 4.39 Å². The zero-order chi connectivity index (χ0) is 11.1. The summed E-state index contributed by atoms with van der Waals surface area (Å²) < 4.78 is 12.8. The summed E-state index contributed by atoms with van der Waals surface area (Å²) in [7, 11) is -1.73. The summed E-state index contributed by atoms with van der Waals surface area (Å²) >= 11 is 9.53. The molecule has 0 aliphatic rings. The first-order valence-electron chi connectivity index (χ1n) is 3.77. The van der Waals surface area contributed by atoms with E-state index < -0.39 is 12.9 Å². The van der Waals surface area contributed by atoms with Gasteiger partial charge in [-0.25, -0.2) is 4.39 Å². The van der Waals surface area contributed by atoms with Gasteiger partial charge in [0.1, 0.15) is 5.82 Å². The van der Waals surface area contributed by atoms with Gasteiger partial charge in [-0.15, -0.1) is 23.2 Å². The summed E-state index contributed by atoms with van der Waals surface area (Å²) in [4.78, 5) is 0. The molecule has 1 aromatic rings. The van der Waals surface area contributed by atoms with Gasteiger partial charge in [0.15, 0.2) is 0 Å². The molecule has 0 heterocycles. The van der Waals surface area contributed by atoms with E-state index in [0.29, 0.717) is 0 Å². The Morgan fingerprint density at radius 2 is 1.86 bits per heavy atom. The van der Waals surface area contributed by atoms with Crippen LogP contribution in [0.3, 0.4) is 0 Å². The van der Waals surface area contributed by atoms with Gasteiger partial charge in [0.25, 0.3) is 0 Å². The van der Waals surface area contributed by atoms with Crippen molar-refractivity contribution in [1.82, 2.24) is 0 Å². The van der Waals surface area contributed by atoms with Crippen molar-refractivity contribution >= 4 is 35.8 Å². The Hall–Kier alpha value is -0.285. The second-order valence-electron chi connectivity index (χ2n) is 2.50. The van der Waals surface area contributed by atoms with Crippen molar-refractivity contribution in [2.45, 2.75) is 6.92 Å². The molecule has 0 aliphatic carbocycles. The molecule has 0 aromatic heterocycles. The van der Waals surface area contributed by atoms with E-state index in [1.54, 1.807) is 13.0 Å². The highest BCUT2D eigenvalue weighted by molar-refractivity contribution is 6.58. The number of rotatable bonds is 1. The lowest BCUT2D eigenvalue weighted by Gasteiger charge is -2.00. The van der Waals surface area contributed by atoms with Gasteiger partial charge in [0.05, 0.1) is 5.34 Å². The second-order valence-corrected chi connectivity index (χ2v) is 3.31. The zero-order valence-corrected chi connectivity index (χ0v) is 9.06. The van der Waals surface area contributed by atoms with Gasteiger partial charge in [0.2, 0.25) is 0 Å². The Labute approximate surface area is 92.4 Å². The number of hydrogen-bond acceptors (Lipinski definition) is 2. The zero-order valence-electron chi connectivity index (χ0n) is 7.54. The molecule has 0 spiro atoms. The van der Waals surface area contributed by atoms with Gasteiger partial charge < -0.3 is 10.0 Å². The highest BCUT2D eigenvalue weighted by Gasteiger charge is 2.15. The highest BCUT2D eigenvalue weighted by Crippen LogP contribution is 1.99. The molecule has 2 nitrogen and oxygen atoms in total. The fraction of sp³-hybridized carbons (Fsp3) is 0.250. The molecule has 0 fully saturated rings. The van der Waals surface area contributed by atoms with Crippen LogP contribution in [0.25, 0.3) is 0 Å². The maximum atomic E-state index is 12.8. The molecule has 0 saturated heterocycles. The highest BCUT2D eigenvalue weighted by atomic mass is 35.5. The Morgan fingerprint density at radius 3 is 2.21 bits per heavy atom. The topological polar surface area (TPSA) is 40.5 Å². The smallest absolute Gasteiger partial charge is 0.423 e. The van der Waals surface area contributed by atoms with Crippen molar-refractivity contribution in [3.05, 3.63) is 29.6 Å².